The Labute approximate surface area is 175 Å². The number of nitrogens with one attached hydrogen (secondary N) is 1. The van der Waals surface area contributed by atoms with E-state index >= 15 is 0 Å². The van der Waals surface area contributed by atoms with Crippen molar-refractivity contribution in [2.75, 3.05) is 32.8 Å². The molecule has 2 fully saturated rings. The van der Waals surface area contributed by atoms with Crippen molar-refractivity contribution in [2.24, 2.45) is 11.8 Å². The number of ether oxygens (including phenoxy) is 1. The van der Waals surface area contributed by atoms with Crippen molar-refractivity contribution in [3.05, 3.63) is 17.0 Å². The second-order valence-electron chi connectivity index (χ2n) is 9.61. The number of hydrogen-bond acceptors (Lipinski definition) is 4. The van der Waals surface area contributed by atoms with Crippen LogP contribution in [0.25, 0.3) is 0 Å². The van der Waals surface area contributed by atoms with Crippen LogP contribution in [0.5, 0.6) is 0 Å². The molecule has 1 amide bonds. The lowest BCUT2D eigenvalue weighted by atomic mass is 9.87. The first-order chi connectivity index (χ1) is 14.1. The third kappa shape index (κ3) is 5.02. The molecule has 1 saturated heterocycles. The maximum absolute atomic E-state index is 13.3. The van der Waals surface area contributed by atoms with Crippen molar-refractivity contribution in [3.63, 3.8) is 0 Å². The zero-order valence-electron chi connectivity index (χ0n) is 18.3. The van der Waals surface area contributed by atoms with Crippen LogP contribution < -0.4 is 5.32 Å². The van der Waals surface area contributed by atoms with E-state index in [-0.39, 0.29) is 5.91 Å². The van der Waals surface area contributed by atoms with Crippen molar-refractivity contribution in [2.45, 2.75) is 77.8 Å². The predicted molar refractivity (Wildman–Crippen MR) is 114 cm³/mol. The van der Waals surface area contributed by atoms with E-state index in [2.05, 4.69) is 23.8 Å². The van der Waals surface area contributed by atoms with Gasteiger partial charge in [0.15, 0.2) is 5.69 Å². The van der Waals surface area contributed by atoms with E-state index in [4.69, 9.17) is 9.84 Å². The minimum atomic E-state index is 0.0972. The van der Waals surface area contributed by atoms with Gasteiger partial charge in [-0.1, -0.05) is 33.1 Å². The van der Waals surface area contributed by atoms with E-state index in [1.807, 2.05) is 4.90 Å². The first kappa shape index (κ1) is 20.9. The number of rotatable bonds is 6. The van der Waals surface area contributed by atoms with Crippen LogP contribution in [0.1, 0.15) is 74.1 Å². The van der Waals surface area contributed by atoms with Crippen LogP contribution >= 0.6 is 0 Å². The van der Waals surface area contributed by atoms with Gasteiger partial charge < -0.3 is 15.0 Å². The van der Waals surface area contributed by atoms with E-state index in [1.165, 1.54) is 43.4 Å². The zero-order chi connectivity index (χ0) is 20.2. The van der Waals surface area contributed by atoms with E-state index in [9.17, 15) is 4.79 Å². The smallest absolute Gasteiger partial charge is 0.274 e. The van der Waals surface area contributed by atoms with Crippen LogP contribution in [0.2, 0.25) is 0 Å². The monoisotopic (exact) mass is 402 g/mol. The Hall–Kier alpha value is -1.40. The Bertz CT molecular complexity index is 687. The first-order valence-corrected chi connectivity index (χ1v) is 11.8. The summed E-state index contributed by atoms with van der Waals surface area (Å²) in [6, 6.07) is 0.470. The lowest BCUT2D eigenvalue weighted by Gasteiger charge is -2.29. The number of aromatic nitrogens is 2. The fourth-order valence-corrected chi connectivity index (χ4v) is 5.17. The minimum absolute atomic E-state index is 0.0972. The lowest BCUT2D eigenvalue weighted by molar-refractivity contribution is 0.0297. The van der Waals surface area contributed by atoms with E-state index in [1.54, 1.807) is 0 Å². The molecule has 1 atom stereocenters. The van der Waals surface area contributed by atoms with E-state index in [0.29, 0.717) is 44.0 Å². The molecular formula is C23H38N4O2. The molecule has 4 rings (SSSR count). The van der Waals surface area contributed by atoms with Crippen molar-refractivity contribution in [3.8, 4) is 0 Å². The van der Waals surface area contributed by atoms with Crippen molar-refractivity contribution >= 4 is 5.91 Å². The molecule has 1 aromatic rings. The van der Waals surface area contributed by atoms with Gasteiger partial charge in [-0.05, 0) is 50.5 Å². The fourth-order valence-electron chi connectivity index (χ4n) is 5.17. The highest BCUT2D eigenvalue weighted by Crippen LogP contribution is 2.28. The van der Waals surface area contributed by atoms with Crippen LogP contribution in [-0.4, -0.2) is 59.5 Å². The number of morpholine rings is 1. The van der Waals surface area contributed by atoms with Gasteiger partial charge in [-0.25, -0.2) is 0 Å². The lowest BCUT2D eigenvalue weighted by Crippen LogP contribution is -2.42. The number of nitrogens with zero attached hydrogens (tertiary/aromatic N) is 3. The van der Waals surface area contributed by atoms with E-state index < -0.39 is 0 Å². The molecule has 1 N–H and O–H groups in total. The molecule has 0 bridgehead atoms. The molecule has 0 radical (unpaired) electrons. The van der Waals surface area contributed by atoms with E-state index in [0.717, 1.165) is 38.3 Å². The summed E-state index contributed by atoms with van der Waals surface area (Å²) in [5.41, 5.74) is 3.20. The van der Waals surface area contributed by atoms with Gasteiger partial charge in [-0.15, -0.1) is 0 Å². The summed E-state index contributed by atoms with van der Waals surface area (Å²) in [5.74, 6) is 1.45. The average molecular weight is 403 g/mol. The van der Waals surface area contributed by atoms with Crippen molar-refractivity contribution in [1.82, 2.24) is 20.0 Å². The normalized spacial score (nSPS) is 23.4. The molecule has 1 unspecified atom stereocenters. The van der Waals surface area contributed by atoms with Crippen molar-refractivity contribution in [1.29, 1.82) is 0 Å². The molecule has 1 aromatic heterocycles. The summed E-state index contributed by atoms with van der Waals surface area (Å²) in [6.07, 6.45) is 10.0. The van der Waals surface area contributed by atoms with Gasteiger partial charge in [0, 0.05) is 36.9 Å². The maximum Gasteiger partial charge on any atom is 0.274 e. The largest absolute Gasteiger partial charge is 0.378 e. The molecule has 29 heavy (non-hydrogen) atoms. The second-order valence-corrected chi connectivity index (χ2v) is 9.61. The fraction of sp³-hybridized carbons (Fsp3) is 0.826. The molecule has 0 aromatic carbocycles. The molecule has 162 valence electrons. The molecule has 1 aliphatic heterocycles. The molecule has 0 spiro atoms. The Balaban J connectivity index is 1.49. The molecule has 3 aliphatic rings. The molecule has 2 heterocycles. The van der Waals surface area contributed by atoms with Gasteiger partial charge in [0.2, 0.25) is 0 Å². The topological polar surface area (TPSA) is 59.4 Å². The first-order valence-electron chi connectivity index (χ1n) is 11.8. The highest BCUT2D eigenvalue weighted by atomic mass is 16.5. The molecular weight excluding hydrogens is 364 g/mol. The van der Waals surface area contributed by atoms with Crippen LogP contribution in [0.3, 0.4) is 0 Å². The third-order valence-corrected chi connectivity index (χ3v) is 6.81. The third-order valence-electron chi connectivity index (χ3n) is 6.81. The van der Waals surface area contributed by atoms with Crippen LogP contribution in [0.15, 0.2) is 0 Å². The Morgan fingerprint density at radius 2 is 1.93 bits per heavy atom. The van der Waals surface area contributed by atoms with Gasteiger partial charge in [-0.3, -0.25) is 9.48 Å². The summed E-state index contributed by atoms with van der Waals surface area (Å²) in [7, 11) is 0. The Kier molecular flexibility index (Phi) is 6.91. The highest BCUT2D eigenvalue weighted by Gasteiger charge is 2.32. The highest BCUT2D eigenvalue weighted by molar-refractivity contribution is 5.94. The Morgan fingerprint density at radius 3 is 2.66 bits per heavy atom. The predicted octanol–water partition coefficient (Wildman–Crippen LogP) is 3.04. The standard InChI is InChI=1S/C23H38N4O2/c1-17(2)16-27-21-9-8-19(24-15-18-6-4-3-5-7-18)14-20(21)22(25-27)23(28)26-10-12-29-13-11-26/h17-19,24H,3-16H2,1-2H3. The summed E-state index contributed by atoms with van der Waals surface area (Å²) in [4.78, 5) is 15.2. The van der Waals surface area contributed by atoms with Gasteiger partial charge >= 0.3 is 0 Å². The number of carbonyl (C=O) groups is 1. The molecule has 2 aliphatic carbocycles. The number of hydrogen-bond donors (Lipinski definition) is 1. The number of carbonyl (C=O) groups excluding carboxylic acids is 1. The zero-order valence-corrected chi connectivity index (χ0v) is 18.3. The summed E-state index contributed by atoms with van der Waals surface area (Å²) >= 11 is 0. The van der Waals surface area contributed by atoms with Gasteiger partial charge in [-0.2, -0.15) is 5.10 Å². The minimum Gasteiger partial charge on any atom is -0.378 e. The maximum atomic E-state index is 13.3. The average Bonchev–Trinajstić information content (AvgIpc) is 3.10. The number of fused-ring (bicyclic) bond motifs is 1. The summed E-state index contributed by atoms with van der Waals surface area (Å²) in [5, 5.41) is 8.69. The van der Waals surface area contributed by atoms with Crippen molar-refractivity contribution < 1.29 is 9.53 Å². The number of amides is 1. The Morgan fingerprint density at radius 1 is 1.17 bits per heavy atom. The SMILES string of the molecule is CC(C)Cn1nc(C(=O)N2CCOCC2)c2c1CCC(NCC1CCCCC1)C2. The quantitative estimate of drug-likeness (QED) is 0.795. The van der Waals surface area contributed by atoms with Crippen LogP contribution in [0, 0.1) is 11.8 Å². The summed E-state index contributed by atoms with van der Waals surface area (Å²) in [6.45, 7) is 9.07. The second kappa shape index (κ2) is 9.61. The van der Waals surface area contributed by atoms with Gasteiger partial charge in [0.25, 0.3) is 5.91 Å². The van der Waals surface area contributed by atoms with Crippen LogP contribution in [0.4, 0.5) is 0 Å². The molecule has 6 heteroatoms. The molecule has 6 nitrogen and oxygen atoms in total. The van der Waals surface area contributed by atoms with Gasteiger partial charge in [0.05, 0.1) is 13.2 Å². The summed E-state index contributed by atoms with van der Waals surface area (Å²) < 4.78 is 7.56. The van der Waals surface area contributed by atoms with Crippen LogP contribution in [-0.2, 0) is 24.1 Å². The molecule has 1 saturated carbocycles. The van der Waals surface area contributed by atoms with Gasteiger partial charge in [0.1, 0.15) is 0 Å².